The minimum Gasteiger partial charge on any atom is -0.394 e. The van der Waals surface area contributed by atoms with Crippen molar-refractivity contribution in [2.45, 2.75) is 301 Å². The summed E-state index contributed by atoms with van der Waals surface area (Å²) in [6.45, 7) is 3.79. The van der Waals surface area contributed by atoms with Crippen molar-refractivity contribution in [2.24, 2.45) is 0 Å². The van der Waals surface area contributed by atoms with Gasteiger partial charge in [-0.15, -0.1) is 0 Å². The highest BCUT2D eigenvalue weighted by molar-refractivity contribution is 5.76. The molecule has 0 aliphatic carbocycles. The number of ether oxygens (including phenoxy) is 2. The van der Waals surface area contributed by atoms with E-state index in [0.29, 0.717) is 6.42 Å². The highest BCUT2D eigenvalue weighted by Gasteiger charge is 2.44. The Morgan fingerprint density at radius 2 is 0.905 bits per heavy atom. The first-order valence-electron chi connectivity index (χ1n) is 27.1. The van der Waals surface area contributed by atoms with E-state index in [0.717, 1.165) is 38.5 Å². The van der Waals surface area contributed by atoms with Crippen LogP contribution in [0, 0.1) is 0 Å². The number of aliphatic hydroxyl groups excluding tert-OH is 5. The molecule has 1 saturated heterocycles. The average Bonchev–Trinajstić information content (AvgIpc) is 3.28. The maximum absolute atomic E-state index is 13.0. The zero-order chi connectivity index (χ0) is 45.9. The Morgan fingerprint density at radius 3 is 1.33 bits per heavy atom. The largest absolute Gasteiger partial charge is 0.394 e. The quantitative estimate of drug-likeness (QED) is 0.0261. The normalized spacial score (nSPS) is 20.3. The lowest BCUT2D eigenvalue weighted by Gasteiger charge is -2.40. The number of amides is 1. The van der Waals surface area contributed by atoms with Crippen molar-refractivity contribution in [1.29, 1.82) is 0 Å². The Balaban J connectivity index is 2.27. The molecule has 1 aliphatic heterocycles. The highest BCUT2D eigenvalue weighted by atomic mass is 16.7. The molecule has 6 N–H and O–H groups in total. The van der Waals surface area contributed by atoms with Crippen molar-refractivity contribution in [2.75, 3.05) is 13.2 Å². The number of carbonyl (C=O) groups excluding carboxylic acids is 1. The van der Waals surface area contributed by atoms with Crippen LogP contribution in [0.4, 0.5) is 0 Å². The van der Waals surface area contributed by atoms with Crippen LogP contribution in [0.25, 0.3) is 0 Å². The number of rotatable bonds is 46. The molecule has 1 amide bonds. The van der Waals surface area contributed by atoms with E-state index in [1.54, 1.807) is 6.08 Å². The number of aliphatic hydroxyl groups is 5. The van der Waals surface area contributed by atoms with Crippen LogP contribution in [0.5, 0.6) is 0 Å². The molecule has 0 saturated carbocycles. The molecule has 0 aromatic heterocycles. The van der Waals surface area contributed by atoms with E-state index in [2.05, 4.69) is 31.3 Å². The summed E-state index contributed by atoms with van der Waals surface area (Å²) in [5.41, 5.74) is 0. The summed E-state index contributed by atoms with van der Waals surface area (Å²) >= 11 is 0. The average molecular weight is 894 g/mol. The van der Waals surface area contributed by atoms with Crippen molar-refractivity contribution in [3.63, 3.8) is 0 Å². The van der Waals surface area contributed by atoms with Crippen molar-refractivity contribution < 1.29 is 39.8 Å². The number of unbranched alkanes of at least 4 members (excludes halogenated alkanes) is 34. The van der Waals surface area contributed by atoms with Gasteiger partial charge >= 0.3 is 0 Å². The van der Waals surface area contributed by atoms with E-state index >= 15 is 0 Å². The number of hydrogen-bond donors (Lipinski definition) is 6. The van der Waals surface area contributed by atoms with Gasteiger partial charge in [0.2, 0.25) is 5.91 Å². The summed E-state index contributed by atoms with van der Waals surface area (Å²) < 4.78 is 11.2. The second-order valence-electron chi connectivity index (χ2n) is 19.0. The molecule has 0 aromatic carbocycles. The number of nitrogens with one attached hydrogen (secondary N) is 1. The van der Waals surface area contributed by atoms with Gasteiger partial charge in [-0.2, -0.15) is 0 Å². The fraction of sp³-hybridized carbons (Fsp3) is 0.907. The summed E-state index contributed by atoms with van der Waals surface area (Å²) in [7, 11) is 0. The van der Waals surface area contributed by atoms with E-state index in [-0.39, 0.29) is 12.5 Å². The van der Waals surface area contributed by atoms with Gasteiger partial charge in [-0.3, -0.25) is 4.79 Å². The third-order valence-electron chi connectivity index (χ3n) is 13.0. The van der Waals surface area contributed by atoms with Crippen LogP contribution in [-0.2, 0) is 14.3 Å². The second kappa shape index (κ2) is 44.5. The molecule has 1 fully saturated rings. The monoisotopic (exact) mass is 894 g/mol. The standard InChI is InChI=1S/C54H103NO8/c1-3-5-7-9-11-13-15-17-19-21-22-23-24-25-26-27-28-29-31-33-35-37-39-41-43-48(57)47(46-62-54-53(61)52(60)51(59)49(45-56)63-54)55-50(58)44-42-40-38-36-34-32-30-20-18-16-14-12-10-8-6-4-2/h33,35,41,43,47-49,51-54,56-57,59-61H,3-32,34,36-40,42,44-46H2,1-2H3,(H,55,58)/b35-33+,43-41+. The molecule has 1 rings (SSSR count). The van der Waals surface area contributed by atoms with Crippen molar-refractivity contribution in [3.8, 4) is 0 Å². The molecule has 1 aliphatic rings. The van der Waals surface area contributed by atoms with Crippen molar-refractivity contribution in [3.05, 3.63) is 24.3 Å². The van der Waals surface area contributed by atoms with Crippen LogP contribution in [-0.4, -0.2) is 87.5 Å². The zero-order valence-electron chi connectivity index (χ0n) is 41.1. The van der Waals surface area contributed by atoms with Crippen molar-refractivity contribution >= 4 is 5.91 Å². The zero-order valence-corrected chi connectivity index (χ0v) is 41.1. The van der Waals surface area contributed by atoms with E-state index in [9.17, 15) is 30.3 Å². The van der Waals surface area contributed by atoms with Gasteiger partial charge < -0.3 is 40.3 Å². The topological polar surface area (TPSA) is 149 Å². The Kier molecular flexibility index (Phi) is 42.2. The molecule has 0 spiro atoms. The van der Waals surface area contributed by atoms with Crippen LogP contribution in [0.1, 0.15) is 258 Å². The Bertz CT molecular complexity index is 1040. The van der Waals surface area contributed by atoms with Gasteiger partial charge in [-0.05, 0) is 32.1 Å². The predicted molar refractivity (Wildman–Crippen MR) is 263 cm³/mol. The third kappa shape index (κ3) is 34.6. The van der Waals surface area contributed by atoms with Crippen LogP contribution >= 0.6 is 0 Å². The minimum absolute atomic E-state index is 0.183. The Morgan fingerprint density at radius 1 is 0.524 bits per heavy atom. The first-order chi connectivity index (χ1) is 30.8. The summed E-state index contributed by atoms with van der Waals surface area (Å²) in [6.07, 6.45) is 48.1. The van der Waals surface area contributed by atoms with Gasteiger partial charge in [0.05, 0.1) is 25.4 Å². The lowest BCUT2D eigenvalue weighted by molar-refractivity contribution is -0.302. The number of allylic oxidation sites excluding steroid dienone is 3. The molecule has 0 bridgehead atoms. The summed E-state index contributed by atoms with van der Waals surface area (Å²) in [6, 6.07) is -0.817. The Hall–Kier alpha value is -1.33. The SMILES string of the molecule is CCCCCCCCCCCCCCCCCCCC/C=C/CC/C=C/C(O)C(COC1OC(CO)C(O)C(O)C1O)NC(=O)CCCCCCCCCCCCCCCCCC. The number of carbonyl (C=O) groups is 1. The molecular formula is C54H103NO8. The smallest absolute Gasteiger partial charge is 0.220 e. The maximum atomic E-state index is 13.0. The fourth-order valence-electron chi connectivity index (χ4n) is 8.70. The minimum atomic E-state index is -1.57. The molecule has 9 heteroatoms. The van der Waals surface area contributed by atoms with Gasteiger partial charge in [0.25, 0.3) is 0 Å². The molecule has 372 valence electrons. The molecule has 0 radical (unpaired) electrons. The van der Waals surface area contributed by atoms with Crippen LogP contribution < -0.4 is 5.32 Å². The summed E-state index contributed by atoms with van der Waals surface area (Å²) in [4.78, 5) is 13.0. The maximum Gasteiger partial charge on any atom is 0.220 e. The first-order valence-corrected chi connectivity index (χ1v) is 27.1. The Labute approximate surface area is 388 Å². The predicted octanol–water partition coefficient (Wildman–Crippen LogP) is 12.6. The molecule has 7 unspecified atom stereocenters. The highest BCUT2D eigenvalue weighted by Crippen LogP contribution is 2.23. The summed E-state index contributed by atoms with van der Waals surface area (Å²) in [5, 5.41) is 54.4. The molecule has 63 heavy (non-hydrogen) atoms. The lowest BCUT2D eigenvalue weighted by Crippen LogP contribution is -2.60. The molecule has 1 heterocycles. The first kappa shape index (κ1) is 59.7. The van der Waals surface area contributed by atoms with Crippen LogP contribution in [0.2, 0.25) is 0 Å². The lowest BCUT2D eigenvalue weighted by atomic mass is 9.99. The van der Waals surface area contributed by atoms with Gasteiger partial charge in [0, 0.05) is 6.42 Å². The van der Waals surface area contributed by atoms with Crippen molar-refractivity contribution in [1.82, 2.24) is 5.32 Å². The van der Waals surface area contributed by atoms with E-state index in [4.69, 9.17) is 9.47 Å². The summed E-state index contributed by atoms with van der Waals surface area (Å²) in [5.74, 6) is -0.183. The van der Waals surface area contributed by atoms with Gasteiger partial charge in [0.15, 0.2) is 6.29 Å². The fourth-order valence-corrected chi connectivity index (χ4v) is 8.70. The van der Waals surface area contributed by atoms with E-state index in [1.165, 1.54) is 199 Å². The second-order valence-corrected chi connectivity index (χ2v) is 19.0. The van der Waals surface area contributed by atoms with E-state index < -0.39 is 49.5 Å². The third-order valence-corrected chi connectivity index (χ3v) is 13.0. The van der Waals surface area contributed by atoms with Crippen LogP contribution in [0.15, 0.2) is 24.3 Å². The molecule has 0 aromatic rings. The van der Waals surface area contributed by atoms with E-state index in [1.807, 2.05) is 6.08 Å². The van der Waals surface area contributed by atoms with Gasteiger partial charge in [0.1, 0.15) is 24.4 Å². The molecular weight excluding hydrogens is 791 g/mol. The van der Waals surface area contributed by atoms with Gasteiger partial charge in [-0.25, -0.2) is 0 Å². The molecule has 9 nitrogen and oxygen atoms in total. The molecule has 7 atom stereocenters. The van der Waals surface area contributed by atoms with Crippen LogP contribution in [0.3, 0.4) is 0 Å². The number of hydrogen-bond acceptors (Lipinski definition) is 8. The van der Waals surface area contributed by atoms with Gasteiger partial charge in [-0.1, -0.05) is 244 Å².